The Morgan fingerprint density at radius 2 is 2.08 bits per heavy atom. The summed E-state index contributed by atoms with van der Waals surface area (Å²) in [5, 5.41) is 0. The number of carbonyl (C=O) groups is 1. The molecular weight excluding hydrogens is 160 g/mol. The Morgan fingerprint density at radius 1 is 1.38 bits per heavy atom. The number of allylic oxidation sites excluding steroid dienone is 4. The standard InChI is InChI=1S/C12H16O/c1-3-5-6-7-8-9-10-11-12(13)4-2/h2,7-10H,3,5-6,11H2,1H3. The number of Topliss-reactive ketones (excluding diaryl/α,β-unsaturated/α-hetero) is 1. The molecule has 0 aliphatic rings. The smallest absolute Gasteiger partial charge is 0.208 e. The average molecular weight is 176 g/mol. The summed E-state index contributed by atoms with van der Waals surface area (Å²) in [6, 6.07) is 0. The highest BCUT2D eigenvalue weighted by Gasteiger charge is 1.87. The van der Waals surface area contributed by atoms with Crippen molar-refractivity contribution in [3.8, 4) is 12.3 Å². The maximum absolute atomic E-state index is 10.6. The molecule has 0 saturated heterocycles. The Kier molecular flexibility index (Phi) is 7.93. The van der Waals surface area contributed by atoms with Crippen molar-refractivity contribution in [3.05, 3.63) is 24.3 Å². The van der Waals surface area contributed by atoms with Crippen molar-refractivity contribution in [1.29, 1.82) is 0 Å². The number of rotatable bonds is 6. The van der Waals surface area contributed by atoms with Crippen LogP contribution in [-0.2, 0) is 4.79 Å². The predicted octanol–water partition coefficient (Wildman–Crippen LogP) is 2.88. The predicted molar refractivity (Wildman–Crippen MR) is 56.3 cm³/mol. The molecule has 0 spiro atoms. The first-order chi connectivity index (χ1) is 6.31. The molecule has 0 saturated carbocycles. The van der Waals surface area contributed by atoms with Crippen molar-refractivity contribution < 1.29 is 4.79 Å². The van der Waals surface area contributed by atoms with E-state index in [1.165, 1.54) is 12.8 Å². The molecule has 70 valence electrons. The Morgan fingerprint density at radius 3 is 2.69 bits per heavy atom. The second-order valence-electron chi connectivity index (χ2n) is 2.77. The van der Waals surface area contributed by atoms with E-state index in [1.807, 2.05) is 12.2 Å². The molecule has 1 nitrogen and oxygen atoms in total. The summed E-state index contributed by atoms with van der Waals surface area (Å²) < 4.78 is 0. The highest BCUT2D eigenvalue weighted by atomic mass is 16.1. The van der Waals surface area contributed by atoms with Gasteiger partial charge >= 0.3 is 0 Å². The third-order valence-corrected chi connectivity index (χ3v) is 1.57. The Balaban J connectivity index is 3.47. The number of unbranched alkanes of at least 4 members (excludes halogenated alkanes) is 2. The molecule has 0 rings (SSSR count). The molecular formula is C12H16O. The molecule has 0 amide bonds. The van der Waals surface area contributed by atoms with E-state index in [2.05, 4.69) is 18.9 Å². The lowest BCUT2D eigenvalue weighted by atomic mass is 10.2. The van der Waals surface area contributed by atoms with Crippen LogP contribution in [0.15, 0.2) is 24.3 Å². The number of ketones is 1. The van der Waals surface area contributed by atoms with Crippen molar-refractivity contribution >= 4 is 5.78 Å². The normalized spacial score (nSPS) is 10.8. The minimum atomic E-state index is -0.168. The Hall–Kier alpha value is -1.29. The maximum Gasteiger partial charge on any atom is 0.208 e. The molecule has 0 atom stereocenters. The summed E-state index contributed by atoms with van der Waals surface area (Å²) in [5.74, 6) is 1.89. The van der Waals surface area contributed by atoms with Crippen molar-refractivity contribution in [1.82, 2.24) is 0 Å². The van der Waals surface area contributed by atoms with Crippen LogP contribution < -0.4 is 0 Å². The summed E-state index contributed by atoms with van der Waals surface area (Å²) in [7, 11) is 0. The van der Waals surface area contributed by atoms with Gasteiger partial charge in [0.1, 0.15) is 0 Å². The van der Waals surface area contributed by atoms with E-state index in [0.717, 1.165) is 6.42 Å². The molecule has 0 aliphatic heterocycles. The van der Waals surface area contributed by atoms with Gasteiger partial charge in [-0.05, 0) is 12.3 Å². The van der Waals surface area contributed by atoms with Crippen molar-refractivity contribution in [2.45, 2.75) is 32.6 Å². The fourth-order valence-electron chi connectivity index (χ4n) is 0.809. The zero-order valence-electron chi connectivity index (χ0n) is 8.12. The molecule has 0 bridgehead atoms. The van der Waals surface area contributed by atoms with Crippen LogP contribution in [0.4, 0.5) is 0 Å². The number of carbonyl (C=O) groups excluding carboxylic acids is 1. The quantitative estimate of drug-likeness (QED) is 0.263. The van der Waals surface area contributed by atoms with Crippen molar-refractivity contribution in [3.63, 3.8) is 0 Å². The number of hydrogen-bond donors (Lipinski definition) is 0. The lowest BCUT2D eigenvalue weighted by Gasteiger charge is -1.85. The van der Waals surface area contributed by atoms with Crippen LogP contribution in [0, 0.1) is 12.3 Å². The first kappa shape index (κ1) is 11.7. The number of hydrogen-bond acceptors (Lipinski definition) is 1. The van der Waals surface area contributed by atoms with Gasteiger partial charge in [-0.25, -0.2) is 0 Å². The van der Waals surface area contributed by atoms with Crippen molar-refractivity contribution in [2.75, 3.05) is 0 Å². The topological polar surface area (TPSA) is 17.1 Å². The van der Waals surface area contributed by atoms with Gasteiger partial charge in [-0.1, -0.05) is 44.1 Å². The van der Waals surface area contributed by atoms with E-state index < -0.39 is 0 Å². The first-order valence-corrected chi connectivity index (χ1v) is 4.62. The summed E-state index contributed by atoms with van der Waals surface area (Å²) in [6.45, 7) is 2.16. The van der Waals surface area contributed by atoms with Crippen LogP contribution in [0.2, 0.25) is 0 Å². The minimum Gasteiger partial charge on any atom is -0.285 e. The molecule has 0 N–H and O–H groups in total. The molecule has 0 fully saturated rings. The van der Waals surface area contributed by atoms with Gasteiger partial charge in [0.2, 0.25) is 5.78 Å². The van der Waals surface area contributed by atoms with Crippen LogP contribution in [0.25, 0.3) is 0 Å². The molecule has 0 unspecified atom stereocenters. The van der Waals surface area contributed by atoms with E-state index in [-0.39, 0.29) is 5.78 Å². The summed E-state index contributed by atoms with van der Waals surface area (Å²) in [6.07, 6.45) is 16.5. The van der Waals surface area contributed by atoms with E-state index in [4.69, 9.17) is 6.42 Å². The van der Waals surface area contributed by atoms with Gasteiger partial charge in [0.05, 0.1) is 0 Å². The lowest BCUT2D eigenvalue weighted by molar-refractivity contribution is -0.113. The summed E-state index contributed by atoms with van der Waals surface area (Å²) in [5.41, 5.74) is 0. The van der Waals surface area contributed by atoms with Gasteiger partial charge in [-0.2, -0.15) is 0 Å². The van der Waals surface area contributed by atoms with Gasteiger partial charge in [-0.15, -0.1) is 6.42 Å². The molecule has 0 aliphatic carbocycles. The van der Waals surface area contributed by atoms with Crippen LogP contribution in [0.5, 0.6) is 0 Å². The largest absolute Gasteiger partial charge is 0.285 e. The van der Waals surface area contributed by atoms with Crippen LogP contribution >= 0.6 is 0 Å². The molecule has 0 heterocycles. The highest BCUT2D eigenvalue weighted by Crippen LogP contribution is 1.95. The zero-order chi connectivity index (χ0) is 9.94. The second-order valence-corrected chi connectivity index (χ2v) is 2.77. The SMILES string of the molecule is C#CC(=O)CC=CC=CCCCC. The van der Waals surface area contributed by atoms with Gasteiger partial charge in [0.25, 0.3) is 0 Å². The van der Waals surface area contributed by atoms with Gasteiger partial charge in [-0.3, -0.25) is 4.79 Å². The summed E-state index contributed by atoms with van der Waals surface area (Å²) in [4.78, 5) is 10.6. The van der Waals surface area contributed by atoms with Gasteiger partial charge in [0.15, 0.2) is 0 Å². The molecule has 0 aromatic rings. The third-order valence-electron chi connectivity index (χ3n) is 1.57. The maximum atomic E-state index is 10.6. The molecule has 1 heteroatoms. The van der Waals surface area contributed by atoms with Crippen LogP contribution in [-0.4, -0.2) is 5.78 Å². The van der Waals surface area contributed by atoms with E-state index in [9.17, 15) is 4.79 Å². The highest BCUT2D eigenvalue weighted by molar-refractivity contribution is 5.95. The fraction of sp³-hybridized carbons (Fsp3) is 0.417. The lowest BCUT2D eigenvalue weighted by Crippen LogP contribution is -1.87. The molecule has 13 heavy (non-hydrogen) atoms. The molecule has 0 aromatic carbocycles. The third kappa shape index (κ3) is 8.62. The van der Waals surface area contributed by atoms with E-state index in [0.29, 0.717) is 6.42 Å². The first-order valence-electron chi connectivity index (χ1n) is 4.62. The number of terminal acetylenes is 1. The monoisotopic (exact) mass is 176 g/mol. The molecule has 0 aromatic heterocycles. The van der Waals surface area contributed by atoms with Crippen molar-refractivity contribution in [2.24, 2.45) is 0 Å². The van der Waals surface area contributed by atoms with Crippen LogP contribution in [0.1, 0.15) is 32.6 Å². The van der Waals surface area contributed by atoms with E-state index in [1.54, 1.807) is 6.08 Å². The zero-order valence-corrected chi connectivity index (χ0v) is 8.12. The summed E-state index contributed by atoms with van der Waals surface area (Å²) >= 11 is 0. The minimum absolute atomic E-state index is 0.168. The van der Waals surface area contributed by atoms with Crippen LogP contribution in [0.3, 0.4) is 0 Å². The fourth-order valence-corrected chi connectivity index (χ4v) is 0.809. The Bertz CT molecular complexity index is 228. The van der Waals surface area contributed by atoms with E-state index >= 15 is 0 Å². The Labute approximate surface area is 80.5 Å². The second kappa shape index (κ2) is 8.80. The van der Waals surface area contributed by atoms with Gasteiger partial charge < -0.3 is 0 Å². The average Bonchev–Trinajstić information content (AvgIpc) is 2.16. The molecule has 0 radical (unpaired) electrons. The van der Waals surface area contributed by atoms with Gasteiger partial charge in [0, 0.05) is 6.42 Å².